The summed E-state index contributed by atoms with van der Waals surface area (Å²) in [7, 11) is 0. The van der Waals surface area contributed by atoms with Crippen LogP contribution in [0.15, 0.2) is 36.7 Å². The smallest absolute Gasteiger partial charge is 0.220 e. The van der Waals surface area contributed by atoms with Gasteiger partial charge in [-0.05, 0) is 30.9 Å². The van der Waals surface area contributed by atoms with Crippen LogP contribution >= 0.6 is 0 Å². The Bertz CT molecular complexity index is 549. The quantitative estimate of drug-likeness (QED) is 0.848. The number of carbonyl (C=O) groups is 1. The number of carbonyl (C=O) groups excluding carboxylic acids is 1. The van der Waals surface area contributed by atoms with E-state index in [1.165, 1.54) is 11.1 Å². The molecule has 1 amide bonds. The second kappa shape index (κ2) is 6.89. The lowest BCUT2D eigenvalue weighted by molar-refractivity contribution is -0.121. The van der Waals surface area contributed by atoms with Crippen LogP contribution in [-0.2, 0) is 11.2 Å². The highest BCUT2D eigenvalue weighted by Gasteiger charge is 2.14. The van der Waals surface area contributed by atoms with Gasteiger partial charge in [-0.1, -0.05) is 31.2 Å². The highest BCUT2D eigenvalue weighted by molar-refractivity contribution is 5.76. The van der Waals surface area contributed by atoms with E-state index in [0.717, 1.165) is 18.7 Å². The summed E-state index contributed by atoms with van der Waals surface area (Å²) in [6, 6.07) is 8.15. The Balaban J connectivity index is 1.88. The summed E-state index contributed by atoms with van der Waals surface area (Å²) in [6.45, 7) is 4.11. The summed E-state index contributed by atoms with van der Waals surface area (Å²) in [4.78, 5) is 19.3. The topological polar surface area (TPSA) is 57.8 Å². The molecule has 0 fully saturated rings. The van der Waals surface area contributed by atoms with E-state index in [-0.39, 0.29) is 11.9 Å². The molecule has 0 aliphatic rings. The minimum Gasteiger partial charge on any atom is -0.347 e. The molecule has 1 heterocycles. The Labute approximate surface area is 119 Å². The van der Waals surface area contributed by atoms with Crippen molar-refractivity contribution in [2.75, 3.05) is 0 Å². The molecule has 2 aromatic rings. The number of hydrogen-bond acceptors (Lipinski definition) is 2. The first-order valence-corrected chi connectivity index (χ1v) is 7.04. The van der Waals surface area contributed by atoms with Gasteiger partial charge >= 0.3 is 0 Å². The summed E-state index contributed by atoms with van der Waals surface area (Å²) >= 11 is 0. The maximum Gasteiger partial charge on any atom is 0.220 e. The van der Waals surface area contributed by atoms with E-state index >= 15 is 0 Å². The van der Waals surface area contributed by atoms with Crippen LogP contribution in [0, 0.1) is 6.92 Å². The summed E-state index contributed by atoms with van der Waals surface area (Å²) in [5.41, 5.74) is 2.46. The highest BCUT2D eigenvalue weighted by atomic mass is 16.1. The number of aromatic nitrogens is 2. The number of benzene rings is 1. The zero-order valence-corrected chi connectivity index (χ0v) is 12.0. The fraction of sp³-hybridized carbons (Fsp3) is 0.375. The first kappa shape index (κ1) is 14.3. The highest BCUT2D eigenvalue weighted by Crippen LogP contribution is 2.13. The van der Waals surface area contributed by atoms with Gasteiger partial charge in [0.25, 0.3) is 0 Å². The standard InChI is InChI=1S/C16H21N3O/c1-3-14(16-17-10-11-18-16)19-15(20)9-8-13-7-5-4-6-12(13)2/h4-7,10-11,14H,3,8-9H2,1-2H3,(H,17,18)(H,19,20). The molecule has 0 radical (unpaired) electrons. The van der Waals surface area contributed by atoms with Crippen LogP contribution in [0.2, 0.25) is 0 Å². The molecular formula is C16H21N3O. The third-order valence-corrected chi connectivity index (χ3v) is 3.48. The second-order valence-corrected chi connectivity index (χ2v) is 4.93. The van der Waals surface area contributed by atoms with E-state index in [9.17, 15) is 4.79 Å². The van der Waals surface area contributed by atoms with Crippen LogP contribution in [0.25, 0.3) is 0 Å². The second-order valence-electron chi connectivity index (χ2n) is 4.93. The molecule has 2 N–H and O–H groups in total. The SMILES string of the molecule is CCC(NC(=O)CCc1ccccc1C)c1ncc[nH]1. The summed E-state index contributed by atoms with van der Waals surface area (Å²) < 4.78 is 0. The normalized spacial score (nSPS) is 12.1. The van der Waals surface area contributed by atoms with Gasteiger partial charge in [-0.3, -0.25) is 4.79 Å². The van der Waals surface area contributed by atoms with Gasteiger partial charge in [0.1, 0.15) is 5.82 Å². The molecule has 4 heteroatoms. The van der Waals surface area contributed by atoms with Crippen molar-refractivity contribution in [2.24, 2.45) is 0 Å². The summed E-state index contributed by atoms with van der Waals surface area (Å²) in [5, 5.41) is 3.03. The summed E-state index contributed by atoms with van der Waals surface area (Å²) in [6.07, 6.45) is 5.58. The predicted molar refractivity (Wildman–Crippen MR) is 79.3 cm³/mol. The molecule has 2 rings (SSSR count). The van der Waals surface area contributed by atoms with E-state index in [4.69, 9.17) is 0 Å². The lowest BCUT2D eigenvalue weighted by Crippen LogP contribution is -2.29. The Hall–Kier alpha value is -2.10. The van der Waals surface area contributed by atoms with Crippen molar-refractivity contribution < 1.29 is 4.79 Å². The first-order valence-electron chi connectivity index (χ1n) is 7.04. The largest absolute Gasteiger partial charge is 0.347 e. The molecule has 1 unspecified atom stereocenters. The third-order valence-electron chi connectivity index (χ3n) is 3.48. The van der Waals surface area contributed by atoms with Crippen molar-refractivity contribution in [2.45, 2.75) is 39.2 Å². The van der Waals surface area contributed by atoms with Gasteiger partial charge in [-0.2, -0.15) is 0 Å². The number of hydrogen-bond donors (Lipinski definition) is 2. The number of nitrogens with one attached hydrogen (secondary N) is 2. The molecule has 0 aliphatic carbocycles. The van der Waals surface area contributed by atoms with Crippen LogP contribution in [0.1, 0.15) is 42.8 Å². The zero-order valence-electron chi connectivity index (χ0n) is 12.0. The van der Waals surface area contributed by atoms with Crippen molar-refractivity contribution in [1.29, 1.82) is 0 Å². The Morgan fingerprint density at radius 2 is 2.20 bits per heavy atom. The number of rotatable bonds is 6. The lowest BCUT2D eigenvalue weighted by atomic mass is 10.0. The maximum atomic E-state index is 12.0. The summed E-state index contributed by atoms with van der Waals surface area (Å²) in [5.74, 6) is 0.883. The zero-order chi connectivity index (χ0) is 14.4. The number of amides is 1. The van der Waals surface area contributed by atoms with Crippen molar-refractivity contribution in [3.63, 3.8) is 0 Å². The number of aryl methyl sites for hydroxylation is 2. The molecular weight excluding hydrogens is 250 g/mol. The Morgan fingerprint density at radius 3 is 2.85 bits per heavy atom. The first-order chi connectivity index (χ1) is 9.70. The number of imidazole rings is 1. The molecule has 20 heavy (non-hydrogen) atoms. The predicted octanol–water partition coefficient (Wildman–Crippen LogP) is 2.92. The third kappa shape index (κ3) is 3.70. The van der Waals surface area contributed by atoms with Crippen LogP contribution < -0.4 is 5.32 Å². The monoisotopic (exact) mass is 271 g/mol. The molecule has 0 aliphatic heterocycles. The number of nitrogens with zero attached hydrogens (tertiary/aromatic N) is 1. The van der Waals surface area contributed by atoms with E-state index in [2.05, 4.69) is 34.3 Å². The molecule has 0 bridgehead atoms. The van der Waals surface area contributed by atoms with Crippen LogP contribution in [0.4, 0.5) is 0 Å². The molecule has 1 aromatic heterocycles. The van der Waals surface area contributed by atoms with Gasteiger partial charge in [0.15, 0.2) is 0 Å². The van der Waals surface area contributed by atoms with Crippen molar-refractivity contribution >= 4 is 5.91 Å². The molecule has 1 atom stereocenters. The average molecular weight is 271 g/mol. The van der Waals surface area contributed by atoms with Crippen LogP contribution in [0.3, 0.4) is 0 Å². The van der Waals surface area contributed by atoms with Gasteiger partial charge < -0.3 is 10.3 Å². The van der Waals surface area contributed by atoms with E-state index in [1.807, 2.05) is 19.1 Å². The fourth-order valence-electron chi connectivity index (χ4n) is 2.24. The maximum absolute atomic E-state index is 12.0. The Kier molecular flexibility index (Phi) is 4.93. The van der Waals surface area contributed by atoms with Gasteiger partial charge in [-0.15, -0.1) is 0 Å². The van der Waals surface area contributed by atoms with Gasteiger partial charge in [-0.25, -0.2) is 4.98 Å². The van der Waals surface area contributed by atoms with Crippen molar-refractivity contribution in [3.8, 4) is 0 Å². The van der Waals surface area contributed by atoms with E-state index in [1.54, 1.807) is 12.4 Å². The fourth-order valence-corrected chi connectivity index (χ4v) is 2.24. The molecule has 0 saturated heterocycles. The van der Waals surface area contributed by atoms with Crippen LogP contribution in [0.5, 0.6) is 0 Å². The molecule has 106 valence electrons. The molecule has 0 spiro atoms. The van der Waals surface area contributed by atoms with E-state index in [0.29, 0.717) is 6.42 Å². The molecule has 4 nitrogen and oxygen atoms in total. The van der Waals surface area contributed by atoms with Gasteiger partial charge in [0.2, 0.25) is 5.91 Å². The average Bonchev–Trinajstić information content (AvgIpc) is 2.98. The number of aromatic amines is 1. The minimum atomic E-state index is -0.0330. The van der Waals surface area contributed by atoms with Crippen molar-refractivity contribution in [1.82, 2.24) is 15.3 Å². The van der Waals surface area contributed by atoms with Crippen molar-refractivity contribution in [3.05, 3.63) is 53.6 Å². The lowest BCUT2D eigenvalue weighted by Gasteiger charge is -2.15. The van der Waals surface area contributed by atoms with Crippen LogP contribution in [-0.4, -0.2) is 15.9 Å². The van der Waals surface area contributed by atoms with E-state index < -0.39 is 0 Å². The Morgan fingerprint density at radius 1 is 1.40 bits per heavy atom. The molecule has 1 aromatic carbocycles. The minimum absolute atomic E-state index is 0.0330. The molecule has 0 saturated carbocycles. The number of H-pyrrole nitrogens is 1. The van der Waals surface area contributed by atoms with Gasteiger partial charge in [0, 0.05) is 18.8 Å². The van der Waals surface area contributed by atoms with Gasteiger partial charge in [0.05, 0.1) is 6.04 Å².